The number of carbonyl (C=O) groups excluding carboxylic acids is 2. The van der Waals surface area contributed by atoms with E-state index in [2.05, 4.69) is 20.1 Å². The van der Waals surface area contributed by atoms with E-state index in [1.165, 1.54) is 11.8 Å². The molecule has 0 radical (unpaired) electrons. The van der Waals surface area contributed by atoms with Crippen LogP contribution in [-0.4, -0.2) is 60.0 Å². The van der Waals surface area contributed by atoms with Crippen molar-refractivity contribution in [1.82, 2.24) is 29.5 Å². The lowest BCUT2D eigenvalue weighted by molar-refractivity contribution is 0.0787. The number of likely N-dealkylation sites (tertiary alicyclic amines) is 1. The predicted octanol–water partition coefficient (Wildman–Crippen LogP) is 3.13. The van der Waals surface area contributed by atoms with Gasteiger partial charge in [-0.25, -0.2) is 9.97 Å². The molecular formula is C21H20N6O2S. The number of nitrogens with one attached hydrogen (secondary N) is 1. The number of aryl methyl sites for hydroxylation is 1. The minimum atomic E-state index is -0.0725. The predicted molar refractivity (Wildman–Crippen MR) is 114 cm³/mol. The maximum atomic E-state index is 12.7. The van der Waals surface area contributed by atoms with Gasteiger partial charge >= 0.3 is 0 Å². The Morgan fingerprint density at radius 3 is 2.80 bits per heavy atom. The monoisotopic (exact) mass is 420 g/mol. The molecule has 4 aromatic rings. The number of aromatic amines is 1. The minimum absolute atomic E-state index is 0.0461. The van der Waals surface area contributed by atoms with Gasteiger partial charge in [0.1, 0.15) is 11.5 Å². The van der Waals surface area contributed by atoms with E-state index in [0.717, 1.165) is 42.5 Å². The van der Waals surface area contributed by atoms with Gasteiger partial charge in [0.05, 0.1) is 11.3 Å². The molecule has 30 heavy (non-hydrogen) atoms. The Morgan fingerprint density at radius 2 is 1.97 bits per heavy atom. The summed E-state index contributed by atoms with van der Waals surface area (Å²) in [5.41, 5.74) is 2.50. The van der Waals surface area contributed by atoms with Crippen LogP contribution in [-0.2, 0) is 0 Å². The molecule has 0 spiro atoms. The molecule has 1 fully saturated rings. The summed E-state index contributed by atoms with van der Waals surface area (Å²) in [5.74, 6) is 0.720. The summed E-state index contributed by atoms with van der Waals surface area (Å²) >= 11 is 1.31. The number of ketones is 1. The number of Topliss-reactive ketones (excluding diaryl/α,β-unsaturated/α-hetero) is 1. The first-order valence-electron chi connectivity index (χ1n) is 9.86. The third-order valence-corrected chi connectivity index (χ3v) is 6.15. The van der Waals surface area contributed by atoms with Crippen LogP contribution >= 0.6 is 11.8 Å². The first-order chi connectivity index (χ1) is 14.6. The number of fused-ring (bicyclic) bond motifs is 3. The van der Waals surface area contributed by atoms with Gasteiger partial charge in [0, 0.05) is 30.2 Å². The van der Waals surface area contributed by atoms with Crippen molar-refractivity contribution in [3.63, 3.8) is 0 Å². The molecule has 0 bridgehead atoms. The van der Waals surface area contributed by atoms with Crippen LogP contribution in [0.2, 0.25) is 0 Å². The van der Waals surface area contributed by atoms with Crippen molar-refractivity contribution >= 4 is 40.0 Å². The zero-order chi connectivity index (χ0) is 20.7. The van der Waals surface area contributed by atoms with Gasteiger partial charge in [0.2, 0.25) is 0 Å². The van der Waals surface area contributed by atoms with Crippen molar-refractivity contribution in [3.05, 3.63) is 53.6 Å². The van der Waals surface area contributed by atoms with Gasteiger partial charge in [0.25, 0.3) is 5.91 Å². The molecule has 1 aliphatic rings. The fourth-order valence-electron chi connectivity index (χ4n) is 3.71. The largest absolute Gasteiger partial charge is 0.356 e. The van der Waals surface area contributed by atoms with Crippen LogP contribution in [0.1, 0.15) is 39.5 Å². The van der Waals surface area contributed by atoms with Crippen LogP contribution in [0.15, 0.2) is 41.7 Å². The summed E-state index contributed by atoms with van der Waals surface area (Å²) in [4.78, 5) is 39.2. The average molecular weight is 420 g/mol. The number of hydrogen-bond acceptors (Lipinski definition) is 6. The van der Waals surface area contributed by atoms with Crippen molar-refractivity contribution < 1.29 is 9.59 Å². The van der Waals surface area contributed by atoms with Crippen LogP contribution in [0, 0.1) is 6.92 Å². The zero-order valence-electron chi connectivity index (χ0n) is 16.5. The highest BCUT2D eigenvalue weighted by Crippen LogP contribution is 2.24. The lowest BCUT2D eigenvalue weighted by Gasteiger charge is -2.13. The van der Waals surface area contributed by atoms with Gasteiger partial charge < -0.3 is 9.88 Å². The Labute approximate surface area is 176 Å². The number of H-pyrrole nitrogens is 1. The van der Waals surface area contributed by atoms with Crippen LogP contribution < -0.4 is 0 Å². The number of amides is 1. The summed E-state index contributed by atoms with van der Waals surface area (Å²) in [5, 5.41) is 5.97. The Morgan fingerprint density at radius 1 is 1.17 bits per heavy atom. The van der Waals surface area contributed by atoms with Gasteiger partial charge in [-0.05, 0) is 38.0 Å². The second-order valence-corrected chi connectivity index (χ2v) is 8.26. The Hall–Kier alpha value is -3.20. The molecule has 5 rings (SSSR count). The molecule has 8 nitrogen and oxygen atoms in total. The van der Waals surface area contributed by atoms with Crippen molar-refractivity contribution in [1.29, 1.82) is 0 Å². The Bertz CT molecular complexity index is 1270. The highest BCUT2D eigenvalue weighted by atomic mass is 32.2. The van der Waals surface area contributed by atoms with Gasteiger partial charge in [-0.1, -0.05) is 23.9 Å². The fraction of sp³-hybridized carbons (Fsp3) is 0.286. The van der Waals surface area contributed by atoms with E-state index in [1.807, 2.05) is 36.1 Å². The van der Waals surface area contributed by atoms with Gasteiger partial charge in [-0.2, -0.15) is 4.52 Å². The summed E-state index contributed by atoms with van der Waals surface area (Å²) in [6.45, 7) is 3.38. The third kappa shape index (κ3) is 3.35. The van der Waals surface area contributed by atoms with E-state index in [-0.39, 0.29) is 17.4 Å². The molecule has 152 valence electrons. The lowest BCUT2D eigenvalue weighted by atomic mass is 10.2. The quantitative estimate of drug-likeness (QED) is 0.303. The molecule has 9 heteroatoms. The molecule has 1 aromatic carbocycles. The number of aromatic nitrogens is 5. The van der Waals surface area contributed by atoms with Gasteiger partial charge in [0.15, 0.2) is 16.6 Å². The highest BCUT2D eigenvalue weighted by molar-refractivity contribution is 7.99. The van der Waals surface area contributed by atoms with Crippen molar-refractivity contribution in [2.24, 2.45) is 0 Å². The molecule has 1 aliphatic heterocycles. The summed E-state index contributed by atoms with van der Waals surface area (Å²) in [7, 11) is 0. The normalized spacial score (nSPS) is 14.1. The SMILES string of the molecule is Cc1nc2c3ccccc3nc(SCC(=O)c3c[nH]c(C(=O)N4CCCC4)c3)n2n1. The van der Waals surface area contributed by atoms with Crippen LogP contribution in [0.3, 0.4) is 0 Å². The molecule has 0 atom stereocenters. The van der Waals surface area contributed by atoms with E-state index in [4.69, 9.17) is 0 Å². The van der Waals surface area contributed by atoms with E-state index in [9.17, 15) is 9.59 Å². The standard InChI is InChI=1S/C21H20N6O2S/c1-13-23-19-15-6-2-3-7-16(15)24-21(27(19)25-13)30-12-18(28)14-10-17(22-11-14)20(29)26-8-4-5-9-26/h2-3,6-7,10-11,22H,4-5,8-9,12H2,1H3. The first-order valence-corrected chi connectivity index (χ1v) is 10.8. The maximum Gasteiger partial charge on any atom is 0.270 e. The van der Waals surface area contributed by atoms with Crippen LogP contribution in [0.5, 0.6) is 0 Å². The molecule has 3 aromatic heterocycles. The molecule has 0 aliphatic carbocycles. The van der Waals surface area contributed by atoms with E-state index in [1.54, 1.807) is 16.8 Å². The lowest BCUT2D eigenvalue weighted by Crippen LogP contribution is -2.27. The molecule has 0 unspecified atom stereocenters. The summed E-state index contributed by atoms with van der Waals surface area (Å²) < 4.78 is 1.69. The van der Waals surface area contributed by atoms with Crippen molar-refractivity contribution in [2.75, 3.05) is 18.8 Å². The third-order valence-electron chi connectivity index (χ3n) is 5.22. The smallest absolute Gasteiger partial charge is 0.270 e. The van der Waals surface area contributed by atoms with Crippen LogP contribution in [0.4, 0.5) is 0 Å². The molecule has 1 amide bonds. The first kappa shape index (κ1) is 18.8. The topological polar surface area (TPSA) is 96.2 Å². The number of thioether (sulfide) groups is 1. The molecule has 4 heterocycles. The second-order valence-electron chi connectivity index (χ2n) is 7.32. The number of hydrogen-bond donors (Lipinski definition) is 1. The summed E-state index contributed by atoms with van der Waals surface area (Å²) in [6.07, 6.45) is 3.67. The Balaban J connectivity index is 1.36. The molecule has 0 saturated carbocycles. The van der Waals surface area contributed by atoms with Crippen molar-refractivity contribution in [3.8, 4) is 0 Å². The molecule has 1 saturated heterocycles. The maximum absolute atomic E-state index is 12.7. The summed E-state index contributed by atoms with van der Waals surface area (Å²) in [6, 6.07) is 9.40. The Kier molecular flexibility index (Phi) is 4.74. The highest BCUT2D eigenvalue weighted by Gasteiger charge is 2.22. The average Bonchev–Trinajstić information content (AvgIpc) is 3.51. The number of benzene rings is 1. The van der Waals surface area contributed by atoms with E-state index < -0.39 is 0 Å². The van der Waals surface area contributed by atoms with Gasteiger partial charge in [-0.3, -0.25) is 9.59 Å². The van der Waals surface area contributed by atoms with Gasteiger partial charge in [-0.15, -0.1) is 5.10 Å². The minimum Gasteiger partial charge on any atom is -0.356 e. The number of para-hydroxylation sites is 1. The van der Waals surface area contributed by atoms with E-state index in [0.29, 0.717) is 22.2 Å². The zero-order valence-corrected chi connectivity index (χ0v) is 17.3. The fourth-order valence-corrected chi connectivity index (χ4v) is 4.55. The number of carbonyl (C=O) groups is 2. The van der Waals surface area contributed by atoms with Crippen molar-refractivity contribution in [2.45, 2.75) is 24.9 Å². The molecular weight excluding hydrogens is 400 g/mol. The molecule has 1 N–H and O–H groups in total. The number of nitrogens with zero attached hydrogens (tertiary/aromatic N) is 5. The van der Waals surface area contributed by atoms with Crippen LogP contribution in [0.25, 0.3) is 16.6 Å². The second kappa shape index (κ2) is 7.56. The van der Waals surface area contributed by atoms with E-state index >= 15 is 0 Å². The number of rotatable bonds is 5.